The Balaban J connectivity index is 1.72. The first-order valence-electron chi connectivity index (χ1n) is 8.07. The van der Waals surface area contributed by atoms with Crippen LogP contribution in [0, 0.1) is 5.92 Å². The van der Waals surface area contributed by atoms with Gasteiger partial charge in [-0.2, -0.15) is 13.2 Å². The molecule has 23 heavy (non-hydrogen) atoms. The van der Waals surface area contributed by atoms with Crippen molar-refractivity contribution >= 4 is 5.91 Å². The van der Waals surface area contributed by atoms with Gasteiger partial charge in [-0.05, 0) is 37.4 Å². The Labute approximate surface area is 133 Å². The summed E-state index contributed by atoms with van der Waals surface area (Å²) in [6, 6.07) is 5.54. The highest BCUT2D eigenvalue weighted by Gasteiger charge is 2.41. The van der Waals surface area contributed by atoms with E-state index in [1.165, 1.54) is 12.1 Å². The predicted molar refractivity (Wildman–Crippen MR) is 81.0 cm³/mol. The van der Waals surface area contributed by atoms with E-state index in [9.17, 15) is 18.0 Å². The second kappa shape index (κ2) is 6.15. The minimum Gasteiger partial charge on any atom is -0.355 e. The van der Waals surface area contributed by atoms with Crippen molar-refractivity contribution in [2.45, 2.75) is 37.3 Å². The van der Waals surface area contributed by atoms with E-state index >= 15 is 0 Å². The maximum absolute atomic E-state index is 12.9. The number of carbonyl (C=O) groups excluding carboxylic acids is 1. The van der Waals surface area contributed by atoms with Crippen LogP contribution in [0.3, 0.4) is 0 Å². The molecule has 1 aromatic rings. The summed E-state index contributed by atoms with van der Waals surface area (Å²) in [7, 11) is 0. The van der Waals surface area contributed by atoms with E-state index < -0.39 is 11.7 Å². The van der Waals surface area contributed by atoms with Crippen LogP contribution < -0.4 is 10.6 Å². The molecule has 1 saturated heterocycles. The Morgan fingerprint density at radius 1 is 1.35 bits per heavy atom. The van der Waals surface area contributed by atoms with Crippen molar-refractivity contribution < 1.29 is 18.0 Å². The van der Waals surface area contributed by atoms with Gasteiger partial charge in [-0.25, -0.2) is 0 Å². The smallest absolute Gasteiger partial charge is 0.355 e. The Morgan fingerprint density at radius 2 is 2.13 bits per heavy atom. The molecule has 1 heterocycles. The molecule has 0 spiro atoms. The van der Waals surface area contributed by atoms with Crippen LogP contribution in [0.5, 0.6) is 0 Å². The van der Waals surface area contributed by atoms with Crippen molar-refractivity contribution in [2.75, 3.05) is 19.6 Å². The van der Waals surface area contributed by atoms with Crippen LogP contribution in [-0.4, -0.2) is 25.5 Å². The summed E-state index contributed by atoms with van der Waals surface area (Å²) < 4.78 is 38.8. The SMILES string of the molecule is O=C(NCC1(c2cccc(C(F)(F)F)c2)CCC1)C1CCNC1. The van der Waals surface area contributed by atoms with Crippen molar-refractivity contribution in [3.05, 3.63) is 35.4 Å². The summed E-state index contributed by atoms with van der Waals surface area (Å²) in [5.41, 5.74) is -0.279. The number of alkyl halides is 3. The fourth-order valence-electron chi connectivity index (χ4n) is 3.48. The molecule has 1 amide bonds. The van der Waals surface area contributed by atoms with E-state index in [-0.39, 0.29) is 17.2 Å². The first-order chi connectivity index (χ1) is 10.9. The molecule has 2 aliphatic rings. The zero-order valence-corrected chi connectivity index (χ0v) is 12.9. The number of benzene rings is 1. The Kier molecular flexibility index (Phi) is 4.36. The summed E-state index contributed by atoms with van der Waals surface area (Å²) >= 11 is 0. The van der Waals surface area contributed by atoms with E-state index in [0.717, 1.165) is 38.3 Å². The monoisotopic (exact) mass is 326 g/mol. The third-order valence-electron chi connectivity index (χ3n) is 5.15. The van der Waals surface area contributed by atoms with E-state index in [4.69, 9.17) is 0 Å². The van der Waals surface area contributed by atoms with Crippen LogP contribution >= 0.6 is 0 Å². The molecular weight excluding hydrogens is 305 g/mol. The lowest BCUT2D eigenvalue weighted by Gasteiger charge is -2.43. The number of rotatable bonds is 4. The molecule has 6 heteroatoms. The van der Waals surface area contributed by atoms with Gasteiger partial charge in [0.05, 0.1) is 11.5 Å². The molecule has 1 atom stereocenters. The van der Waals surface area contributed by atoms with Gasteiger partial charge in [0.25, 0.3) is 0 Å². The van der Waals surface area contributed by atoms with Gasteiger partial charge in [-0.3, -0.25) is 4.79 Å². The largest absolute Gasteiger partial charge is 0.416 e. The molecule has 0 bridgehead atoms. The number of hydrogen-bond donors (Lipinski definition) is 2. The molecule has 0 radical (unpaired) electrons. The number of carbonyl (C=O) groups is 1. The van der Waals surface area contributed by atoms with Crippen molar-refractivity contribution in [2.24, 2.45) is 5.92 Å². The summed E-state index contributed by atoms with van der Waals surface area (Å²) in [6.07, 6.45) is -0.895. The van der Waals surface area contributed by atoms with Crippen LogP contribution in [0.2, 0.25) is 0 Å². The third kappa shape index (κ3) is 3.37. The van der Waals surface area contributed by atoms with Gasteiger partial charge in [0.1, 0.15) is 0 Å². The van der Waals surface area contributed by atoms with E-state index in [2.05, 4.69) is 10.6 Å². The highest BCUT2D eigenvalue weighted by Crippen LogP contribution is 2.44. The Bertz CT molecular complexity index is 575. The van der Waals surface area contributed by atoms with Crippen molar-refractivity contribution in [1.82, 2.24) is 10.6 Å². The first-order valence-corrected chi connectivity index (χ1v) is 8.07. The second-order valence-corrected chi connectivity index (χ2v) is 6.62. The molecule has 2 fully saturated rings. The molecule has 126 valence electrons. The zero-order valence-electron chi connectivity index (χ0n) is 12.9. The van der Waals surface area contributed by atoms with Crippen molar-refractivity contribution in [1.29, 1.82) is 0 Å². The summed E-state index contributed by atoms with van der Waals surface area (Å²) in [5, 5.41) is 6.11. The fraction of sp³-hybridized carbons (Fsp3) is 0.588. The van der Waals surface area contributed by atoms with Gasteiger partial charge in [0.2, 0.25) is 5.91 Å². The average Bonchev–Trinajstić information content (AvgIpc) is 2.99. The number of nitrogens with one attached hydrogen (secondary N) is 2. The van der Waals surface area contributed by atoms with Crippen molar-refractivity contribution in [3.63, 3.8) is 0 Å². The third-order valence-corrected chi connectivity index (χ3v) is 5.15. The number of halogens is 3. The van der Waals surface area contributed by atoms with E-state index in [0.29, 0.717) is 18.7 Å². The molecule has 1 aromatic carbocycles. The predicted octanol–water partition coefficient (Wildman–Crippen LogP) is 2.85. The molecule has 1 unspecified atom stereocenters. The van der Waals surface area contributed by atoms with Gasteiger partial charge >= 0.3 is 6.18 Å². The topological polar surface area (TPSA) is 41.1 Å². The lowest BCUT2D eigenvalue weighted by Crippen LogP contribution is -2.47. The van der Waals surface area contributed by atoms with Crippen LogP contribution in [0.25, 0.3) is 0 Å². The van der Waals surface area contributed by atoms with Crippen LogP contribution in [0.4, 0.5) is 13.2 Å². The summed E-state index contributed by atoms with van der Waals surface area (Å²) in [4.78, 5) is 12.2. The summed E-state index contributed by atoms with van der Waals surface area (Å²) in [5.74, 6) is -0.0121. The Hall–Kier alpha value is -1.56. The number of hydrogen-bond acceptors (Lipinski definition) is 2. The summed E-state index contributed by atoms with van der Waals surface area (Å²) in [6.45, 7) is 1.95. The fourth-order valence-corrected chi connectivity index (χ4v) is 3.48. The first kappa shape index (κ1) is 16.3. The highest BCUT2D eigenvalue weighted by atomic mass is 19.4. The molecular formula is C17H21F3N2O. The minimum absolute atomic E-state index is 0.00764. The molecule has 2 N–H and O–H groups in total. The quantitative estimate of drug-likeness (QED) is 0.893. The maximum atomic E-state index is 12.9. The van der Waals surface area contributed by atoms with E-state index in [1.54, 1.807) is 6.07 Å². The highest BCUT2D eigenvalue weighted by molar-refractivity contribution is 5.79. The zero-order chi connectivity index (χ0) is 16.5. The maximum Gasteiger partial charge on any atom is 0.416 e. The minimum atomic E-state index is -4.33. The number of amides is 1. The standard InChI is InChI=1S/C17H21F3N2O/c18-17(19,20)14-4-1-3-13(9-14)16(6-2-7-16)11-22-15(23)12-5-8-21-10-12/h1,3-4,9,12,21H,2,5-8,10-11H2,(H,22,23). The van der Waals surface area contributed by atoms with Gasteiger partial charge in [0, 0.05) is 18.5 Å². The average molecular weight is 326 g/mol. The van der Waals surface area contributed by atoms with Gasteiger partial charge in [0.15, 0.2) is 0 Å². The molecule has 3 nitrogen and oxygen atoms in total. The molecule has 0 aromatic heterocycles. The van der Waals surface area contributed by atoms with Gasteiger partial charge in [-0.1, -0.05) is 24.6 Å². The second-order valence-electron chi connectivity index (χ2n) is 6.62. The van der Waals surface area contributed by atoms with Crippen LogP contribution in [0.15, 0.2) is 24.3 Å². The van der Waals surface area contributed by atoms with Gasteiger partial charge < -0.3 is 10.6 Å². The molecule has 3 rings (SSSR count). The van der Waals surface area contributed by atoms with Crippen molar-refractivity contribution in [3.8, 4) is 0 Å². The molecule has 1 saturated carbocycles. The Morgan fingerprint density at radius 3 is 2.70 bits per heavy atom. The lowest BCUT2D eigenvalue weighted by molar-refractivity contribution is -0.137. The van der Waals surface area contributed by atoms with E-state index in [1.807, 2.05) is 0 Å². The lowest BCUT2D eigenvalue weighted by atomic mass is 9.64. The molecule has 1 aliphatic carbocycles. The normalized spacial score (nSPS) is 23.3. The van der Waals surface area contributed by atoms with Crippen LogP contribution in [0.1, 0.15) is 36.8 Å². The van der Waals surface area contributed by atoms with Crippen LogP contribution in [-0.2, 0) is 16.4 Å². The van der Waals surface area contributed by atoms with Gasteiger partial charge in [-0.15, -0.1) is 0 Å². The molecule has 1 aliphatic heterocycles.